The Morgan fingerprint density at radius 2 is 2.27 bits per heavy atom. The van der Waals surface area contributed by atoms with Crippen molar-refractivity contribution < 1.29 is 9.32 Å². The van der Waals surface area contributed by atoms with E-state index < -0.39 is 0 Å². The van der Waals surface area contributed by atoms with Crippen LogP contribution < -0.4 is 5.32 Å². The van der Waals surface area contributed by atoms with Gasteiger partial charge < -0.3 is 4.52 Å². The first-order valence-corrected chi connectivity index (χ1v) is 7.51. The summed E-state index contributed by atoms with van der Waals surface area (Å²) in [5.41, 5.74) is 1.41. The molecular weight excluding hydrogens is 302 g/mol. The van der Waals surface area contributed by atoms with Gasteiger partial charge in [0.25, 0.3) is 5.91 Å². The fourth-order valence-corrected chi connectivity index (χ4v) is 2.79. The van der Waals surface area contributed by atoms with E-state index in [0.717, 1.165) is 16.3 Å². The molecule has 2 heterocycles. The summed E-state index contributed by atoms with van der Waals surface area (Å²) >= 11 is 1.52. The van der Waals surface area contributed by atoms with Crippen LogP contribution in [0.15, 0.2) is 46.1 Å². The third-order valence-corrected chi connectivity index (χ3v) is 3.94. The van der Waals surface area contributed by atoms with E-state index in [1.807, 2.05) is 31.2 Å². The van der Waals surface area contributed by atoms with Crippen molar-refractivity contribution in [2.24, 2.45) is 0 Å². The highest BCUT2D eigenvalue weighted by Crippen LogP contribution is 2.26. The van der Waals surface area contributed by atoms with Crippen LogP contribution in [0, 0.1) is 6.92 Å². The molecule has 2 N–H and O–H groups in total. The second-order valence-electron chi connectivity index (χ2n) is 4.50. The Hall–Kier alpha value is -2.61. The summed E-state index contributed by atoms with van der Waals surface area (Å²) in [5, 5.41) is 12.9. The molecule has 0 saturated carbocycles. The lowest BCUT2D eigenvalue weighted by Gasteiger charge is -2.07. The number of nitrogens with zero attached hydrogens (tertiary/aromatic N) is 3. The molecule has 0 bridgehead atoms. The van der Waals surface area contributed by atoms with Crippen molar-refractivity contribution in [1.29, 1.82) is 0 Å². The average Bonchev–Trinajstić information content (AvgIpc) is 3.17. The minimum Gasteiger partial charge on any atom is -0.361 e. The van der Waals surface area contributed by atoms with E-state index in [2.05, 4.69) is 25.7 Å². The Labute approximate surface area is 130 Å². The zero-order valence-electron chi connectivity index (χ0n) is 11.7. The zero-order valence-corrected chi connectivity index (χ0v) is 12.6. The SMILES string of the molecule is Cc1cc(CSc2ccccc2C(=O)Nc2ncn[nH]2)no1. The second-order valence-corrected chi connectivity index (χ2v) is 5.52. The number of aryl methyl sites for hydroxylation is 1. The van der Waals surface area contributed by atoms with Crippen LogP contribution in [0.25, 0.3) is 0 Å². The number of nitrogens with one attached hydrogen (secondary N) is 2. The molecule has 0 fully saturated rings. The molecule has 22 heavy (non-hydrogen) atoms. The van der Waals surface area contributed by atoms with Crippen LogP contribution in [-0.4, -0.2) is 26.2 Å². The van der Waals surface area contributed by atoms with Crippen LogP contribution in [0.2, 0.25) is 0 Å². The number of thioether (sulfide) groups is 1. The predicted octanol–water partition coefficient (Wildman–Crippen LogP) is 2.65. The van der Waals surface area contributed by atoms with Crippen molar-refractivity contribution >= 4 is 23.6 Å². The zero-order chi connectivity index (χ0) is 15.4. The van der Waals surface area contributed by atoms with Crippen molar-refractivity contribution in [3.63, 3.8) is 0 Å². The number of carbonyl (C=O) groups excluding carboxylic acids is 1. The molecule has 2 aromatic heterocycles. The summed E-state index contributed by atoms with van der Waals surface area (Å²) in [4.78, 5) is 17.0. The molecule has 1 amide bonds. The average molecular weight is 315 g/mol. The molecule has 112 valence electrons. The van der Waals surface area contributed by atoms with E-state index in [-0.39, 0.29) is 5.91 Å². The Morgan fingerprint density at radius 1 is 1.41 bits per heavy atom. The Kier molecular flexibility index (Phi) is 4.19. The number of aromatic nitrogens is 4. The van der Waals surface area contributed by atoms with Gasteiger partial charge in [-0.15, -0.1) is 11.8 Å². The summed E-state index contributed by atoms with van der Waals surface area (Å²) in [6.45, 7) is 1.85. The van der Waals surface area contributed by atoms with E-state index in [4.69, 9.17) is 4.52 Å². The third kappa shape index (κ3) is 3.34. The molecule has 0 aliphatic rings. The number of hydrogen-bond acceptors (Lipinski definition) is 6. The monoisotopic (exact) mass is 315 g/mol. The minimum absolute atomic E-state index is 0.240. The quantitative estimate of drug-likeness (QED) is 0.703. The highest BCUT2D eigenvalue weighted by atomic mass is 32.2. The fraction of sp³-hybridized carbons (Fsp3) is 0.143. The van der Waals surface area contributed by atoms with Crippen LogP contribution in [-0.2, 0) is 5.75 Å². The second kappa shape index (κ2) is 6.44. The highest BCUT2D eigenvalue weighted by Gasteiger charge is 2.13. The molecule has 7 nitrogen and oxygen atoms in total. The van der Waals surface area contributed by atoms with Gasteiger partial charge in [0.15, 0.2) is 0 Å². The van der Waals surface area contributed by atoms with Crippen molar-refractivity contribution in [2.75, 3.05) is 5.32 Å². The number of H-pyrrole nitrogens is 1. The molecule has 0 saturated heterocycles. The predicted molar refractivity (Wildman–Crippen MR) is 81.6 cm³/mol. The standard InChI is InChI=1S/C14H13N5O2S/c1-9-6-10(19-21-9)7-22-12-5-3-2-4-11(12)13(20)17-14-15-8-16-18-14/h2-6,8H,7H2,1H3,(H2,15,16,17,18,20). The van der Waals surface area contributed by atoms with Crippen molar-refractivity contribution in [3.8, 4) is 0 Å². The molecule has 0 spiro atoms. The van der Waals surface area contributed by atoms with E-state index >= 15 is 0 Å². The summed E-state index contributed by atoms with van der Waals surface area (Å²) in [5.74, 6) is 1.48. The number of hydrogen-bond donors (Lipinski definition) is 2. The molecule has 0 atom stereocenters. The number of benzene rings is 1. The van der Waals surface area contributed by atoms with Gasteiger partial charge in [-0.05, 0) is 19.1 Å². The smallest absolute Gasteiger partial charge is 0.259 e. The number of aromatic amines is 1. The van der Waals surface area contributed by atoms with Crippen LogP contribution in [0.5, 0.6) is 0 Å². The molecule has 8 heteroatoms. The minimum atomic E-state index is -0.240. The highest BCUT2D eigenvalue weighted by molar-refractivity contribution is 7.98. The van der Waals surface area contributed by atoms with Gasteiger partial charge in [-0.1, -0.05) is 17.3 Å². The van der Waals surface area contributed by atoms with Gasteiger partial charge in [0.05, 0.1) is 11.3 Å². The molecule has 0 unspecified atom stereocenters. The van der Waals surface area contributed by atoms with Gasteiger partial charge in [0.2, 0.25) is 5.95 Å². The molecule has 0 radical (unpaired) electrons. The van der Waals surface area contributed by atoms with Crippen LogP contribution in [0.3, 0.4) is 0 Å². The Balaban J connectivity index is 1.73. The largest absolute Gasteiger partial charge is 0.361 e. The number of amides is 1. The van der Waals surface area contributed by atoms with Gasteiger partial charge in [-0.25, -0.2) is 5.10 Å². The fourth-order valence-electron chi connectivity index (χ4n) is 1.86. The summed E-state index contributed by atoms with van der Waals surface area (Å²) in [6, 6.07) is 9.25. The molecule has 0 aliphatic heterocycles. The number of carbonyl (C=O) groups is 1. The first kappa shape index (κ1) is 14.3. The van der Waals surface area contributed by atoms with E-state index in [0.29, 0.717) is 17.3 Å². The molecule has 3 aromatic rings. The lowest BCUT2D eigenvalue weighted by atomic mass is 10.2. The van der Waals surface area contributed by atoms with Crippen molar-refractivity contribution in [2.45, 2.75) is 17.6 Å². The van der Waals surface area contributed by atoms with E-state index in [9.17, 15) is 4.79 Å². The number of rotatable bonds is 5. The maximum absolute atomic E-state index is 12.3. The van der Waals surface area contributed by atoms with Gasteiger partial charge >= 0.3 is 0 Å². The van der Waals surface area contributed by atoms with E-state index in [1.165, 1.54) is 18.1 Å². The molecule has 1 aromatic carbocycles. The first-order chi connectivity index (χ1) is 10.7. The van der Waals surface area contributed by atoms with Gasteiger partial charge in [0.1, 0.15) is 12.1 Å². The number of anilines is 1. The van der Waals surface area contributed by atoms with Gasteiger partial charge in [-0.2, -0.15) is 10.1 Å². The lowest BCUT2D eigenvalue weighted by molar-refractivity contribution is 0.102. The van der Waals surface area contributed by atoms with Gasteiger partial charge in [-0.3, -0.25) is 10.1 Å². The first-order valence-electron chi connectivity index (χ1n) is 6.53. The Morgan fingerprint density at radius 3 is 3.00 bits per heavy atom. The molecule has 0 aliphatic carbocycles. The topological polar surface area (TPSA) is 96.7 Å². The summed E-state index contributed by atoms with van der Waals surface area (Å²) in [6.07, 6.45) is 1.34. The van der Waals surface area contributed by atoms with Crippen LogP contribution in [0.4, 0.5) is 5.95 Å². The van der Waals surface area contributed by atoms with E-state index in [1.54, 1.807) is 6.07 Å². The summed E-state index contributed by atoms with van der Waals surface area (Å²) < 4.78 is 5.04. The van der Waals surface area contributed by atoms with Crippen LogP contribution >= 0.6 is 11.8 Å². The third-order valence-electron chi connectivity index (χ3n) is 2.83. The normalized spacial score (nSPS) is 10.6. The molecule has 3 rings (SSSR count). The van der Waals surface area contributed by atoms with Crippen molar-refractivity contribution in [3.05, 3.63) is 53.7 Å². The Bertz CT molecular complexity index is 769. The van der Waals surface area contributed by atoms with Gasteiger partial charge in [0, 0.05) is 16.7 Å². The van der Waals surface area contributed by atoms with Crippen molar-refractivity contribution in [1.82, 2.24) is 20.3 Å². The maximum Gasteiger partial charge on any atom is 0.259 e. The summed E-state index contributed by atoms with van der Waals surface area (Å²) in [7, 11) is 0. The maximum atomic E-state index is 12.3. The van der Waals surface area contributed by atoms with Crippen LogP contribution in [0.1, 0.15) is 21.8 Å². The lowest BCUT2D eigenvalue weighted by Crippen LogP contribution is -2.14. The molecular formula is C14H13N5O2S.